The van der Waals surface area contributed by atoms with Crippen molar-refractivity contribution in [3.63, 3.8) is 0 Å². The highest BCUT2D eigenvalue weighted by atomic mass is 15.2. The molecule has 0 unspecified atom stereocenters. The van der Waals surface area contributed by atoms with Crippen LogP contribution in [-0.2, 0) is 6.54 Å². The standard InChI is InChI=1S/C19H26N4/c1-2-11-22-12-4-6-16(18(22)7-1)8-13-23-14-10-21-19(23)17-5-3-9-20-15-17/h3,5,9-10,14-16,18H,1-2,4,6-8,11-13H2/t16-,18+/m0/s1. The number of piperidine rings is 2. The number of aryl methyl sites for hydroxylation is 1. The molecule has 0 amide bonds. The first-order valence-electron chi connectivity index (χ1n) is 9.07. The Morgan fingerprint density at radius 3 is 2.96 bits per heavy atom. The van der Waals surface area contributed by atoms with Crippen LogP contribution in [0.5, 0.6) is 0 Å². The first-order valence-corrected chi connectivity index (χ1v) is 9.07. The fourth-order valence-corrected chi connectivity index (χ4v) is 4.46. The van der Waals surface area contributed by atoms with Crippen LogP contribution < -0.4 is 0 Å². The van der Waals surface area contributed by atoms with Gasteiger partial charge in [0.05, 0.1) is 0 Å². The minimum atomic E-state index is 0.836. The molecule has 4 heterocycles. The maximum absolute atomic E-state index is 4.54. The largest absolute Gasteiger partial charge is 0.331 e. The molecule has 0 saturated carbocycles. The number of rotatable bonds is 4. The van der Waals surface area contributed by atoms with Gasteiger partial charge in [-0.15, -0.1) is 0 Å². The maximum atomic E-state index is 4.54. The predicted octanol–water partition coefficient (Wildman–Crippen LogP) is 3.60. The average molecular weight is 310 g/mol. The molecular weight excluding hydrogens is 284 g/mol. The van der Waals surface area contributed by atoms with Gasteiger partial charge in [0.15, 0.2) is 0 Å². The van der Waals surface area contributed by atoms with Gasteiger partial charge in [0, 0.05) is 42.9 Å². The fraction of sp³-hybridized carbons (Fsp3) is 0.579. The Hall–Kier alpha value is -1.68. The van der Waals surface area contributed by atoms with Crippen molar-refractivity contribution in [3.8, 4) is 11.4 Å². The summed E-state index contributed by atoms with van der Waals surface area (Å²) in [6, 6.07) is 4.91. The Balaban J connectivity index is 1.44. The highest BCUT2D eigenvalue weighted by molar-refractivity contribution is 5.53. The summed E-state index contributed by atoms with van der Waals surface area (Å²) in [7, 11) is 0. The number of fused-ring (bicyclic) bond motifs is 1. The van der Waals surface area contributed by atoms with Crippen LogP contribution in [0.4, 0.5) is 0 Å². The van der Waals surface area contributed by atoms with E-state index in [-0.39, 0.29) is 0 Å². The zero-order valence-corrected chi connectivity index (χ0v) is 13.8. The number of imidazole rings is 1. The molecular formula is C19H26N4. The quantitative estimate of drug-likeness (QED) is 0.865. The highest BCUT2D eigenvalue weighted by Crippen LogP contribution is 2.33. The Morgan fingerprint density at radius 1 is 1.09 bits per heavy atom. The summed E-state index contributed by atoms with van der Waals surface area (Å²) in [6.45, 7) is 3.72. The van der Waals surface area contributed by atoms with Crippen LogP contribution in [0, 0.1) is 5.92 Å². The van der Waals surface area contributed by atoms with Gasteiger partial charge in [-0.2, -0.15) is 0 Å². The van der Waals surface area contributed by atoms with Crippen molar-refractivity contribution in [2.75, 3.05) is 13.1 Å². The van der Waals surface area contributed by atoms with Crippen LogP contribution >= 0.6 is 0 Å². The maximum Gasteiger partial charge on any atom is 0.141 e. The third kappa shape index (κ3) is 3.18. The van der Waals surface area contributed by atoms with E-state index in [1.165, 1.54) is 51.6 Å². The number of aromatic nitrogens is 3. The van der Waals surface area contributed by atoms with E-state index in [4.69, 9.17) is 0 Å². The molecule has 2 fully saturated rings. The lowest BCUT2D eigenvalue weighted by molar-refractivity contribution is 0.0539. The van der Waals surface area contributed by atoms with E-state index in [1.807, 2.05) is 24.7 Å². The van der Waals surface area contributed by atoms with Gasteiger partial charge in [-0.05, 0) is 63.2 Å². The lowest BCUT2D eigenvalue weighted by atomic mass is 9.81. The Bertz CT molecular complexity index is 619. The first kappa shape index (κ1) is 14.9. The van der Waals surface area contributed by atoms with Gasteiger partial charge in [0.2, 0.25) is 0 Å². The van der Waals surface area contributed by atoms with Gasteiger partial charge in [-0.25, -0.2) is 4.98 Å². The van der Waals surface area contributed by atoms with Crippen LogP contribution in [0.15, 0.2) is 36.9 Å². The van der Waals surface area contributed by atoms with Crippen LogP contribution in [-0.4, -0.2) is 38.6 Å². The molecule has 4 rings (SSSR count). The van der Waals surface area contributed by atoms with E-state index in [2.05, 4.69) is 31.7 Å². The molecule has 2 aromatic heterocycles. The summed E-state index contributed by atoms with van der Waals surface area (Å²) in [6.07, 6.45) is 16.0. The monoisotopic (exact) mass is 310 g/mol. The van der Waals surface area contributed by atoms with Crippen molar-refractivity contribution in [2.45, 2.75) is 51.1 Å². The molecule has 2 atom stereocenters. The molecule has 23 heavy (non-hydrogen) atoms. The lowest BCUT2D eigenvalue weighted by Gasteiger charge is -2.44. The van der Waals surface area contributed by atoms with Crippen LogP contribution in [0.2, 0.25) is 0 Å². The van der Waals surface area contributed by atoms with Crippen LogP contribution in [0.1, 0.15) is 38.5 Å². The smallest absolute Gasteiger partial charge is 0.141 e. The predicted molar refractivity (Wildman–Crippen MR) is 92.0 cm³/mol. The molecule has 0 aliphatic carbocycles. The van der Waals surface area contributed by atoms with Gasteiger partial charge >= 0.3 is 0 Å². The van der Waals surface area contributed by atoms with Crippen molar-refractivity contribution in [1.29, 1.82) is 0 Å². The van der Waals surface area contributed by atoms with Crippen molar-refractivity contribution >= 4 is 0 Å². The van der Waals surface area contributed by atoms with Gasteiger partial charge in [-0.3, -0.25) is 4.98 Å². The molecule has 0 spiro atoms. The second-order valence-corrected chi connectivity index (χ2v) is 6.98. The van der Waals surface area contributed by atoms with E-state index < -0.39 is 0 Å². The third-order valence-corrected chi connectivity index (χ3v) is 5.60. The Kier molecular flexibility index (Phi) is 4.42. The lowest BCUT2D eigenvalue weighted by Crippen LogP contribution is -2.48. The summed E-state index contributed by atoms with van der Waals surface area (Å²) >= 11 is 0. The third-order valence-electron chi connectivity index (χ3n) is 5.60. The van der Waals surface area contributed by atoms with E-state index in [1.54, 1.807) is 0 Å². The Morgan fingerprint density at radius 2 is 2.04 bits per heavy atom. The van der Waals surface area contributed by atoms with Crippen molar-refractivity contribution < 1.29 is 0 Å². The molecule has 2 saturated heterocycles. The minimum Gasteiger partial charge on any atom is -0.331 e. The van der Waals surface area contributed by atoms with Crippen molar-refractivity contribution in [3.05, 3.63) is 36.9 Å². The SMILES string of the molecule is c1cncc(-c2nccn2CC[C@@H]2CCCN3CCCC[C@H]23)c1. The topological polar surface area (TPSA) is 34.0 Å². The molecule has 0 aromatic carbocycles. The second-order valence-electron chi connectivity index (χ2n) is 6.98. The molecule has 0 N–H and O–H groups in total. The summed E-state index contributed by atoms with van der Waals surface area (Å²) in [4.78, 5) is 11.5. The van der Waals surface area contributed by atoms with Gasteiger partial charge in [0.1, 0.15) is 5.82 Å². The van der Waals surface area contributed by atoms with E-state index in [9.17, 15) is 0 Å². The van der Waals surface area contributed by atoms with Crippen LogP contribution in [0.3, 0.4) is 0 Å². The zero-order valence-electron chi connectivity index (χ0n) is 13.8. The minimum absolute atomic E-state index is 0.836. The molecule has 0 radical (unpaired) electrons. The number of nitrogens with zero attached hydrogens (tertiary/aromatic N) is 4. The first-order chi connectivity index (χ1) is 11.4. The molecule has 122 valence electrons. The van der Waals surface area contributed by atoms with Gasteiger partial charge in [0.25, 0.3) is 0 Å². The van der Waals surface area contributed by atoms with Crippen molar-refractivity contribution in [2.24, 2.45) is 5.92 Å². The van der Waals surface area contributed by atoms with Crippen molar-refractivity contribution in [1.82, 2.24) is 19.4 Å². The Labute approximate surface area is 138 Å². The second kappa shape index (κ2) is 6.83. The number of hydrogen-bond acceptors (Lipinski definition) is 3. The fourth-order valence-electron chi connectivity index (χ4n) is 4.46. The molecule has 0 bridgehead atoms. The molecule has 2 aliphatic rings. The summed E-state index contributed by atoms with van der Waals surface area (Å²) in [5.74, 6) is 1.91. The van der Waals surface area contributed by atoms with E-state index in [0.717, 1.165) is 29.9 Å². The molecule has 2 aromatic rings. The van der Waals surface area contributed by atoms with E-state index >= 15 is 0 Å². The number of pyridine rings is 1. The summed E-state index contributed by atoms with van der Waals surface area (Å²) in [5.41, 5.74) is 1.11. The van der Waals surface area contributed by atoms with Gasteiger partial charge < -0.3 is 9.47 Å². The molecule has 4 heteroatoms. The van der Waals surface area contributed by atoms with Crippen LogP contribution in [0.25, 0.3) is 11.4 Å². The summed E-state index contributed by atoms with van der Waals surface area (Å²) < 4.78 is 2.30. The molecule has 4 nitrogen and oxygen atoms in total. The van der Waals surface area contributed by atoms with Gasteiger partial charge in [-0.1, -0.05) is 6.42 Å². The highest BCUT2D eigenvalue weighted by Gasteiger charge is 2.32. The number of hydrogen-bond donors (Lipinski definition) is 0. The van der Waals surface area contributed by atoms with E-state index in [0.29, 0.717) is 0 Å². The summed E-state index contributed by atoms with van der Waals surface area (Å²) in [5, 5.41) is 0. The average Bonchev–Trinajstić information content (AvgIpc) is 3.09. The zero-order chi connectivity index (χ0) is 15.5. The molecule has 2 aliphatic heterocycles. The normalized spacial score (nSPS) is 25.2.